The number of nitrogens with one attached hydrogen (secondary N) is 2. The van der Waals surface area contributed by atoms with Crippen molar-refractivity contribution in [1.29, 1.82) is 0 Å². The molecule has 0 saturated carbocycles. The molecule has 2 heterocycles. The molecule has 6 heteroatoms. The number of halogens is 1. The number of aryl methyl sites for hydroxylation is 1. The van der Waals surface area contributed by atoms with E-state index in [-0.39, 0.29) is 17.8 Å². The average Bonchev–Trinajstić information content (AvgIpc) is 2.97. The zero-order chi connectivity index (χ0) is 16.2. The van der Waals surface area contributed by atoms with Crippen LogP contribution < -0.4 is 5.32 Å². The number of rotatable bonds is 4. The van der Waals surface area contributed by atoms with Crippen LogP contribution in [0.1, 0.15) is 34.6 Å². The lowest BCUT2D eigenvalue weighted by Crippen LogP contribution is -2.47. The highest BCUT2D eigenvalue weighted by Crippen LogP contribution is 2.16. The Balaban J connectivity index is 1.58. The fourth-order valence-electron chi connectivity index (χ4n) is 2.98. The van der Waals surface area contributed by atoms with Crippen molar-refractivity contribution < 1.29 is 9.18 Å². The van der Waals surface area contributed by atoms with Crippen molar-refractivity contribution in [3.63, 3.8) is 0 Å². The number of hydrogen-bond acceptors (Lipinski definition) is 3. The smallest absolute Gasteiger partial charge is 0.272 e. The lowest BCUT2D eigenvalue weighted by atomic mass is 10.0. The zero-order valence-corrected chi connectivity index (χ0v) is 13.2. The van der Waals surface area contributed by atoms with Gasteiger partial charge in [-0.15, -0.1) is 0 Å². The molecule has 2 N–H and O–H groups in total. The van der Waals surface area contributed by atoms with Crippen LogP contribution in [0.3, 0.4) is 0 Å². The van der Waals surface area contributed by atoms with E-state index in [0.717, 1.165) is 31.6 Å². The van der Waals surface area contributed by atoms with Gasteiger partial charge in [0.15, 0.2) is 0 Å². The third-order valence-electron chi connectivity index (χ3n) is 4.13. The number of amides is 1. The fraction of sp³-hybridized carbons (Fsp3) is 0.412. The predicted octanol–water partition coefficient (Wildman–Crippen LogP) is 2.25. The third-order valence-corrected chi connectivity index (χ3v) is 4.13. The maximum absolute atomic E-state index is 13.8. The normalized spacial score (nSPS) is 18.8. The Morgan fingerprint density at radius 3 is 3.04 bits per heavy atom. The van der Waals surface area contributed by atoms with Gasteiger partial charge in [0.05, 0.1) is 0 Å². The number of piperidine rings is 1. The van der Waals surface area contributed by atoms with E-state index in [2.05, 4.69) is 20.4 Å². The van der Waals surface area contributed by atoms with E-state index in [0.29, 0.717) is 17.8 Å². The third kappa shape index (κ3) is 3.96. The van der Waals surface area contributed by atoms with Crippen molar-refractivity contribution >= 4 is 5.91 Å². The van der Waals surface area contributed by atoms with Gasteiger partial charge in [0.1, 0.15) is 11.5 Å². The zero-order valence-electron chi connectivity index (χ0n) is 13.2. The van der Waals surface area contributed by atoms with E-state index >= 15 is 0 Å². The minimum Gasteiger partial charge on any atom is -0.347 e. The molecule has 0 spiro atoms. The van der Waals surface area contributed by atoms with E-state index in [1.807, 2.05) is 19.1 Å². The van der Waals surface area contributed by atoms with Crippen LogP contribution in [-0.4, -0.2) is 40.1 Å². The standard InChI is InChI=1S/C17H21FN4O/c1-12-9-16(21-20-12)17(23)19-14-6-4-8-22(11-14)10-13-5-2-3-7-15(13)18/h2-3,5,7,9,14H,4,6,8,10-11H2,1H3,(H,19,23)(H,20,21)/t14-/m0/s1. The second kappa shape index (κ2) is 6.91. The van der Waals surface area contributed by atoms with Gasteiger partial charge in [0, 0.05) is 30.4 Å². The second-order valence-electron chi connectivity index (χ2n) is 6.08. The number of aromatic nitrogens is 2. The molecule has 1 aromatic heterocycles. The van der Waals surface area contributed by atoms with Gasteiger partial charge >= 0.3 is 0 Å². The molecular weight excluding hydrogens is 295 g/mol. The summed E-state index contributed by atoms with van der Waals surface area (Å²) in [6.45, 7) is 4.08. The molecule has 1 amide bonds. The molecule has 1 aromatic carbocycles. The Morgan fingerprint density at radius 2 is 2.30 bits per heavy atom. The number of aromatic amines is 1. The Hall–Kier alpha value is -2.21. The summed E-state index contributed by atoms with van der Waals surface area (Å²) in [5, 5.41) is 9.77. The highest BCUT2D eigenvalue weighted by atomic mass is 19.1. The molecule has 1 fully saturated rings. The molecule has 1 saturated heterocycles. The first kappa shape index (κ1) is 15.7. The average molecular weight is 316 g/mol. The molecule has 1 aliphatic heterocycles. The van der Waals surface area contributed by atoms with Gasteiger partial charge in [0.25, 0.3) is 5.91 Å². The quantitative estimate of drug-likeness (QED) is 0.909. The van der Waals surface area contributed by atoms with Gasteiger partial charge in [-0.2, -0.15) is 5.10 Å². The van der Waals surface area contributed by atoms with Crippen molar-refractivity contribution in [2.45, 2.75) is 32.4 Å². The van der Waals surface area contributed by atoms with Crippen LogP contribution in [-0.2, 0) is 6.54 Å². The summed E-state index contributed by atoms with van der Waals surface area (Å²) in [4.78, 5) is 14.4. The summed E-state index contributed by atoms with van der Waals surface area (Å²) in [6.07, 6.45) is 1.92. The predicted molar refractivity (Wildman–Crippen MR) is 85.5 cm³/mol. The molecule has 1 atom stereocenters. The van der Waals surface area contributed by atoms with Gasteiger partial charge < -0.3 is 5.32 Å². The van der Waals surface area contributed by atoms with Gasteiger partial charge in [-0.3, -0.25) is 14.8 Å². The molecule has 122 valence electrons. The van der Waals surface area contributed by atoms with E-state index in [1.165, 1.54) is 6.07 Å². The maximum atomic E-state index is 13.8. The Labute approximate surface area is 134 Å². The van der Waals surface area contributed by atoms with Crippen LogP contribution in [0.2, 0.25) is 0 Å². The summed E-state index contributed by atoms with van der Waals surface area (Å²) < 4.78 is 13.8. The highest BCUT2D eigenvalue weighted by molar-refractivity contribution is 5.92. The molecule has 3 rings (SSSR count). The molecule has 2 aromatic rings. The molecular formula is C17H21FN4O. The number of H-pyrrole nitrogens is 1. The molecule has 0 aliphatic carbocycles. The van der Waals surface area contributed by atoms with Crippen LogP contribution in [0.25, 0.3) is 0 Å². The number of benzene rings is 1. The van der Waals surface area contributed by atoms with Crippen LogP contribution >= 0.6 is 0 Å². The molecule has 1 aliphatic rings. The SMILES string of the molecule is Cc1cc(C(=O)N[C@H]2CCCN(Cc3ccccc3F)C2)n[nH]1. The van der Waals surface area contributed by atoms with E-state index in [9.17, 15) is 9.18 Å². The van der Waals surface area contributed by atoms with E-state index in [1.54, 1.807) is 12.1 Å². The fourth-order valence-corrected chi connectivity index (χ4v) is 2.98. The van der Waals surface area contributed by atoms with Crippen molar-refractivity contribution in [3.8, 4) is 0 Å². The van der Waals surface area contributed by atoms with Crippen molar-refractivity contribution in [1.82, 2.24) is 20.4 Å². The monoisotopic (exact) mass is 316 g/mol. The number of nitrogens with zero attached hydrogens (tertiary/aromatic N) is 2. The van der Waals surface area contributed by atoms with Gasteiger partial charge in [-0.25, -0.2) is 4.39 Å². The van der Waals surface area contributed by atoms with Crippen molar-refractivity contribution in [2.24, 2.45) is 0 Å². The van der Waals surface area contributed by atoms with Crippen molar-refractivity contribution in [2.75, 3.05) is 13.1 Å². The van der Waals surface area contributed by atoms with Gasteiger partial charge in [-0.05, 0) is 38.4 Å². The number of hydrogen-bond donors (Lipinski definition) is 2. The Bertz CT molecular complexity index is 685. The van der Waals surface area contributed by atoms with Gasteiger partial charge in [-0.1, -0.05) is 18.2 Å². The lowest BCUT2D eigenvalue weighted by Gasteiger charge is -2.33. The van der Waals surface area contributed by atoms with Crippen molar-refractivity contribution in [3.05, 3.63) is 53.1 Å². The molecule has 0 radical (unpaired) electrons. The molecule has 5 nitrogen and oxygen atoms in total. The molecule has 0 unspecified atom stereocenters. The summed E-state index contributed by atoms with van der Waals surface area (Å²) in [6, 6.07) is 8.64. The summed E-state index contributed by atoms with van der Waals surface area (Å²) >= 11 is 0. The first-order valence-electron chi connectivity index (χ1n) is 7.90. The summed E-state index contributed by atoms with van der Waals surface area (Å²) in [5.74, 6) is -0.335. The topological polar surface area (TPSA) is 61.0 Å². The largest absolute Gasteiger partial charge is 0.347 e. The minimum atomic E-state index is -0.175. The Morgan fingerprint density at radius 1 is 1.48 bits per heavy atom. The minimum absolute atomic E-state index is 0.0695. The maximum Gasteiger partial charge on any atom is 0.272 e. The van der Waals surface area contributed by atoms with Crippen LogP contribution in [0.5, 0.6) is 0 Å². The van der Waals surface area contributed by atoms with Gasteiger partial charge in [0.2, 0.25) is 0 Å². The van der Waals surface area contributed by atoms with E-state index in [4.69, 9.17) is 0 Å². The number of carbonyl (C=O) groups is 1. The number of likely N-dealkylation sites (tertiary alicyclic amines) is 1. The second-order valence-corrected chi connectivity index (χ2v) is 6.08. The molecule has 23 heavy (non-hydrogen) atoms. The number of carbonyl (C=O) groups excluding carboxylic acids is 1. The Kier molecular flexibility index (Phi) is 4.71. The summed E-state index contributed by atoms with van der Waals surface area (Å²) in [5.41, 5.74) is 1.97. The molecule has 0 bridgehead atoms. The highest BCUT2D eigenvalue weighted by Gasteiger charge is 2.23. The van der Waals surface area contributed by atoms with Crippen LogP contribution in [0.15, 0.2) is 30.3 Å². The summed E-state index contributed by atoms with van der Waals surface area (Å²) in [7, 11) is 0. The first-order valence-corrected chi connectivity index (χ1v) is 7.90. The van der Waals surface area contributed by atoms with Crippen LogP contribution in [0.4, 0.5) is 4.39 Å². The lowest BCUT2D eigenvalue weighted by molar-refractivity contribution is 0.0895. The van der Waals surface area contributed by atoms with E-state index < -0.39 is 0 Å². The van der Waals surface area contributed by atoms with Crippen LogP contribution in [0, 0.1) is 12.7 Å². The first-order chi connectivity index (χ1) is 11.1.